The Morgan fingerprint density at radius 1 is 1.12 bits per heavy atom. The SMILES string of the molecule is O=C(Nc1cnn(Cc2c(F)cc(F)c(F)c2F)c1)c1ccccc1Cl. The molecule has 3 rings (SSSR count). The number of amides is 1. The van der Waals surface area contributed by atoms with Crippen LogP contribution in [0.1, 0.15) is 15.9 Å². The molecular weight excluding hydrogens is 374 g/mol. The van der Waals surface area contributed by atoms with Crippen molar-refractivity contribution in [3.05, 3.63) is 82.1 Å². The van der Waals surface area contributed by atoms with Gasteiger partial charge in [-0.25, -0.2) is 17.6 Å². The number of halogens is 5. The molecule has 0 spiro atoms. The summed E-state index contributed by atoms with van der Waals surface area (Å²) >= 11 is 5.93. The molecule has 1 amide bonds. The minimum Gasteiger partial charge on any atom is -0.319 e. The number of hydrogen-bond donors (Lipinski definition) is 1. The molecule has 1 N–H and O–H groups in total. The van der Waals surface area contributed by atoms with Crippen LogP contribution < -0.4 is 5.32 Å². The van der Waals surface area contributed by atoms with Crippen molar-refractivity contribution in [3.8, 4) is 0 Å². The van der Waals surface area contributed by atoms with E-state index in [1.165, 1.54) is 18.5 Å². The van der Waals surface area contributed by atoms with Crippen molar-refractivity contribution >= 4 is 23.2 Å². The van der Waals surface area contributed by atoms with Gasteiger partial charge >= 0.3 is 0 Å². The molecule has 0 aliphatic carbocycles. The average molecular weight is 384 g/mol. The molecule has 0 saturated carbocycles. The first kappa shape index (κ1) is 17.9. The largest absolute Gasteiger partial charge is 0.319 e. The number of carbonyl (C=O) groups is 1. The van der Waals surface area contributed by atoms with Crippen LogP contribution in [0.5, 0.6) is 0 Å². The van der Waals surface area contributed by atoms with Crippen molar-refractivity contribution < 1.29 is 22.4 Å². The highest BCUT2D eigenvalue weighted by Crippen LogP contribution is 2.21. The second kappa shape index (κ2) is 7.17. The molecule has 1 aromatic heterocycles. The molecule has 9 heteroatoms. The minimum absolute atomic E-state index is 0.235. The van der Waals surface area contributed by atoms with Gasteiger partial charge < -0.3 is 5.32 Å². The van der Waals surface area contributed by atoms with Crippen LogP contribution in [-0.2, 0) is 6.54 Å². The molecule has 4 nitrogen and oxygen atoms in total. The fourth-order valence-electron chi connectivity index (χ4n) is 2.27. The van der Waals surface area contributed by atoms with Crippen LogP contribution in [-0.4, -0.2) is 15.7 Å². The van der Waals surface area contributed by atoms with E-state index >= 15 is 0 Å². The third-order valence-electron chi connectivity index (χ3n) is 3.54. The van der Waals surface area contributed by atoms with Gasteiger partial charge in [0.25, 0.3) is 5.91 Å². The Morgan fingerprint density at radius 3 is 2.58 bits per heavy atom. The number of carbonyl (C=O) groups excluding carboxylic acids is 1. The van der Waals surface area contributed by atoms with Gasteiger partial charge in [0, 0.05) is 17.8 Å². The lowest BCUT2D eigenvalue weighted by atomic mass is 10.2. The van der Waals surface area contributed by atoms with Gasteiger partial charge in [0.15, 0.2) is 17.5 Å². The van der Waals surface area contributed by atoms with Crippen LogP contribution in [0.2, 0.25) is 5.02 Å². The van der Waals surface area contributed by atoms with Gasteiger partial charge in [-0.3, -0.25) is 9.48 Å². The second-order valence-electron chi connectivity index (χ2n) is 5.31. The molecule has 1 heterocycles. The van der Waals surface area contributed by atoms with E-state index < -0.39 is 41.3 Å². The van der Waals surface area contributed by atoms with Crippen LogP contribution >= 0.6 is 11.6 Å². The number of nitrogens with zero attached hydrogens (tertiary/aromatic N) is 2. The Balaban J connectivity index is 1.78. The lowest BCUT2D eigenvalue weighted by Crippen LogP contribution is -2.12. The van der Waals surface area contributed by atoms with Crippen molar-refractivity contribution in [3.63, 3.8) is 0 Å². The molecule has 134 valence electrons. The standard InChI is InChI=1S/C17H10ClF4N3O/c18-12-4-2-1-3-10(12)17(26)24-9-6-23-25(7-9)8-11-13(19)5-14(20)16(22)15(11)21/h1-7H,8H2,(H,24,26). The topological polar surface area (TPSA) is 46.9 Å². The summed E-state index contributed by atoms with van der Waals surface area (Å²) in [7, 11) is 0. The van der Waals surface area contributed by atoms with Crippen LogP contribution in [0.3, 0.4) is 0 Å². The van der Waals surface area contributed by atoms with Gasteiger partial charge in [-0.05, 0) is 12.1 Å². The molecule has 3 aromatic rings. The molecule has 0 bridgehead atoms. The number of nitrogens with one attached hydrogen (secondary N) is 1. The van der Waals surface area contributed by atoms with Crippen LogP contribution in [0.15, 0.2) is 42.7 Å². The summed E-state index contributed by atoms with van der Waals surface area (Å²) in [5.41, 5.74) is -0.214. The predicted molar refractivity (Wildman–Crippen MR) is 87.0 cm³/mol. The normalized spacial score (nSPS) is 10.8. The van der Waals surface area contributed by atoms with E-state index in [0.717, 1.165) is 4.68 Å². The Labute approximate surface area is 150 Å². The molecule has 0 aliphatic heterocycles. The highest BCUT2D eigenvalue weighted by atomic mass is 35.5. The van der Waals surface area contributed by atoms with E-state index in [2.05, 4.69) is 10.4 Å². The molecule has 0 radical (unpaired) electrons. The van der Waals surface area contributed by atoms with E-state index in [0.29, 0.717) is 0 Å². The highest BCUT2D eigenvalue weighted by molar-refractivity contribution is 6.34. The zero-order valence-corrected chi connectivity index (χ0v) is 13.7. The third-order valence-corrected chi connectivity index (χ3v) is 3.87. The Morgan fingerprint density at radius 2 is 1.85 bits per heavy atom. The first-order chi connectivity index (χ1) is 12.4. The van der Waals surface area contributed by atoms with E-state index in [4.69, 9.17) is 11.6 Å². The predicted octanol–water partition coefficient (Wildman–Crippen LogP) is 4.39. The lowest BCUT2D eigenvalue weighted by Gasteiger charge is -2.07. The molecule has 0 aliphatic rings. The van der Waals surface area contributed by atoms with E-state index in [-0.39, 0.29) is 22.3 Å². The number of anilines is 1. The molecule has 2 aromatic carbocycles. The zero-order valence-electron chi connectivity index (χ0n) is 12.9. The average Bonchev–Trinajstić information content (AvgIpc) is 3.04. The van der Waals surface area contributed by atoms with Crippen LogP contribution in [0, 0.1) is 23.3 Å². The quantitative estimate of drug-likeness (QED) is 0.412. The van der Waals surface area contributed by atoms with Crippen LogP contribution in [0.4, 0.5) is 23.2 Å². The minimum atomic E-state index is -1.76. The molecule has 0 atom stereocenters. The highest BCUT2D eigenvalue weighted by Gasteiger charge is 2.19. The smallest absolute Gasteiger partial charge is 0.257 e. The number of rotatable bonds is 4. The number of hydrogen-bond acceptors (Lipinski definition) is 2. The van der Waals surface area contributed by atoms with Crippen molar-refractivity contribution in [1.29, 1.82) is 0 Å². The van der Waals surface area contributed by atoms with Gasteiger partial charge in [0.2, 0.25) is 0 Å². The summed E-state index contributed by atoms with van der Waals surface area (Å²) in [4.78, 5) is 12.1. The Kier molecular flexibility index (Phi) is 4.94. The summed E-state index contributed by atoms with van der Waals surface area (Å²) in [6.07, 6.45) is 2.53. The summed E-state index contributed by atoms with van der Waals surface area (Å²) in [5, 5.41) is 6.61. The number of benzene rings is 2. The first-order valence-corrected chi connectivity index (χ1v) is 7.65. The van der Waals surface area contributed by atoms with E-state index in [1.807, 2.05) is 0 Å². The van der Waals surface area contributed by atoms with Gasteiger partial charge in [-0.15, -0.1) is 0 Å². The second-order valence-corrected chi connectivity index (χ2v) is 5.71. The van der Waals surface area contributed by atoms with Crippen LogP contribution in [0.25, 0.3) is 0 Å². The summed E-state index contributed by atoms with van der Waals surface area (Å²) in [5.74, 6) is -6.74. The van der Waals surface area contributed by atoms with E-state index in [9.17, 15) is 22.4 Å². The van der Waals surface area contributed by atoms with Gasteiger partial charge in [-0.1, -0.05) is 23.7 Å². The Hall–Kier alpha value is -2.87. The van der Waals surface area contributed by atoms with Gasteiger partial charge in [-0.2, -0.15) is 5.10 Å². The molecule has 26 heavy (non-hydrogen) atoms. The number of aromatic nitrogens is 2. The molecule has 0 unspecified atom stereocenters. The Bertz CT molecular complexity index is 990. The van der Waals surface area contributed by atoms with Gasteiger partial charge in [0.1, 0.15) is 5.82 Å². The first-order valence-electron chi connectivity index (χ1n) is 7.27. The summed E-state index contributed by atoms with van der Waals surface area (Å²) in [6.45, 7) is -0.489. The maximum absolute atomic E-state index is 13.7. The lowest BCUT2D eigenvalue weighted by molar-refractivity contribution is 0.102. The van der Waals surface area contributed by atoms with Crippen molar-refractivity contribution in [1.82, 2.24) is 9.78 Å². The summed E-state index contributed by atoms with van der Waals surface area (Å²) in [6, 6.07) is 6.64. The molecule has 0 saturated heterocycles. The van der Waals surface area contributed by atoms with Crippen molar-refractivity contribution in [2.45, 2.75) is 6.54 Å². The maximum Gasteiger partial charge on any atom is 0.257 e. The molecular formula is C17H10ClF4N3O. The fraction of sp³-hybridized carbons (Fsp3) is 0.0588. The fourth-order valence-corrected chi connectivity index (χ4v) is 2.49. The summed E-state index contributed by atoms with van der Waals surface area (Å²) < 4.78 is 54.7. The van der Waals surface area contributed by atoms with Crippen molar-refractivity contribution in [2.24, 2.45) is 0 Å². The van der Waals surface area contributed by atoms with E-state index in [1.54, 1.807) is 18.2 Å². The molecule has 0 fully saturated rings. The van der Waals surface area contributed by atoms with Gasteiger partial charge in [0.05, 0.1) is 29.0 Å². The monoisotopic (exact) mass is 383 g/mol. The maximum atomic E-state index is 13.7. The zero-order chi connectivity index (χ0) is 18.8. The van der Waals surface area contributed by atoms with Crippen molar-refractivity contribution in [2.75, 3.05) is 5.32 Å². The third kappa shape index (κ3) is 3.55.